The third kappa shape index (κ3) is 3.20. The van der Waals surface area contributed by atoms with Crippen LogP contribution in [0.4, 0.5) is 0 Å². The van der Waals surface area contributed by atoms with E-state index in [0.29, 0.717) is 5.56 Å². The summed E-state index contributed by atoms with van der Waals surface area (Å²) in [5, 5.41) is 0.112. The lowest BCUT2D eigenvalue weighted by Crippen LogP contribution is -2.11. The first-order valence-electron chi connectivity index (χ1n) is 4.84. The Hall–Kier alpha value is -1.07. The molecule has 0 fully saturated rings. The second-order valence-corrected chi connectivity index (χ2v) is 6.10. The minimum atomic E-state index is -3.35. The van der Waals surface area contributed by atoms with Crippen molar-refractivity contribution in [1.82, 2.24) is 0 Å². The van der Waals surface area contributed by atoms with Crippen molar-refractivity contribution in [3.05, 3.63) is 28.8 Å². The predicted octanol–water partition coefficient (Wildman–Crippen LogP) is 2.02. The molecule has 1 rings (SSSR count). The van der Waals surface area contributed by atoms with Crippen molar-refractivity contribution in [3.8, 4) is 0 Å². The summed E-state index contributed by atoms with van der Waals surface area (Å²) in [5.74, 6) is -0.876. The van der Waals surface area contributed by atoms with Gasteiger partial charge in [-0.3, -0.25) is 4.79 Å². The van der Waals surface area contributed by atoms with Gasteiger partial charge in [0.05, 0.1) is 22.9 Å². The van der Waals surface area contributed by atoms with Crippen LogP contribution in [0.25, 0.3) is 0 Å². The normalized spacial score (nSPS) is 13.2. The number of carbonyl (C=O) groups excluding carboxylic acids is 1. The Morgan fingerprint density at radius 1 is 1.41 bits per heavy atom. The molecular formula is C11H13ClO4S. The lowest BCUT2D eigenvalue weighted by Gasteiger charge is -2.11. The van der Waals surface area contributed by atoms with Gasteiger partial charge in [-0.25, -0.2) is 8.42 Å². The average Bonchev–Trinajstić information content (AvgIpc) is 2.25. The predicted molar refractivity (Wildman–Crippen MR) is 65.0 cm³/mol. The van der Waals surface area contributed by atoms with Crippen LogP contribution in [0.15, 0.2) is 23.1 Å². The molecule has 0 aliphatic carbocycles. The van der Waals surface area contributed by atoms with Gasteiger partial charge in [-0.1, -0.05) is 17.7 Å². The SMILES string of the molecule is COC(=O)C(C)c1ccc(S(C)(=O)=O)c(Cl)c1. The highest BCUT2D eigenvalue weighted by molar-refractivity contribution is 7.90. The Morgan fingerprint density at radius 3 is 2.41 bits per heavy atom. The zero-order chi connectivity index (χ0) is 13.2. The van der Waals surface area contributed by atoms with E-state index in [1.165, 1.54) is 19.2 Å². The maximum absolute atomic E-state index is 11.3. The quantitative estimate of drug-likeness (QED) is 0.793. The van der Waals surface area contributed by atoms with Crippen LogP contribution in [0, 0.1) is 0 Å². The Bertz CT molecular complexity index is 536. The third-order valence-corrected chi connectivity index (χ3v) is 3.99. The number of esters is 1. The molecule has 6 heteroatoms. The molecule has 94 valence electrons. The Kier molecular flexibility index (Phi) is 4.16. The minimum Gasteiger partial charge on any atom is -0.469 e. The fourth-order valence-electron chi connectivity index (χ4n) is 1.40. The maximum atomic E-state index is 11.3. The molecule has 17 heavy (non-hydrogen) atoms. The van der Waals surface area contributed by atoms with E-state index in [1.807, 2.05) is 0 Å². The van der Waals surface area contributed by atoms with E-state index in [1.54, 1.807) is 13.0 Å². The molecule has 0 N–H and O–H groups in total. The molecule has 0 heterocycles. The van der Waals surface area contributed by atoms with E-state index in [4.69, 9.17) is 11.6 Å². The highest BCUT2D eigenvalue weighted by atomic mass is 35.5. The molecule has 4 nitrogen and oxygen atoms in total. The van der Waals surface area contributed by atoms with Gasteiger partial charge in [-0.15, -0.1) is 0 Å². The lowest BCUT2D eigenvalue weighted by atomic mass is 10.0. The Balaban J connectivity index is 3.18. The van der Waals surface area contributed by atoms with E-state index < -0.39 is 21.7 Å². The molecule has 0 aliphatic heterocycles. The van der Waals surface area contributed by atoms with Gasteiger partial charge in [0.2, 0.25) is 0 Å². The van der Waals surface area contributed by atoms with Gasteiger partial charge in [-0.05, 0) is 24.6 Å². The van der Waals surface area contributed by atoms with Gasteiger partial charge < -0.3 is 4.74 Å². The van der Waals surface area contributed by atoms with Crippen LogP contribution in [-0.4, -0.2) is 27.8 Å². The summed E-state index contributed by atoms with van der Waals surface area (Å²) in [6.07, 6.45) is 1.08. The van der Waals surface area contributed by atoms with Gasteiger partial charge in [0.15, 0.2) is 9.84 Å². The number of hydrogen-bond donors (Lipinski definition) is 0. The zero-order valence-corrected chi connectivity index (χ0v) is 11.3. The van der Waals surface area contributed by atoms with Crippen LogP contribution in [0.5, 0.6) is 0 Å². The third-order valence-electron chi connectivity index (χ3n) is 2.41. The summed E-state index contributed by atoms with van der Waals surface area (Å²) in [4.78, 5) is 11.4. The van der Waals surface area contributed by atoms with Crippen LogP contribution >= 0.6 is 11.6 Å². The van der Waals surface area contributed by atoms with Crippen LogP contribution in [0.3, 0.4) is 0 Å². The molecule has 0 amide bonds. The summed E-state index contributed by atoms with van der Waals surface area (Å²) in [5.41, 5.74) is 0.620. The van der Waals surface area contributed by atoms with Crippen molar-refractivity contribution >= 4 is 27.4 Å². The molecule has 0 bridgehead atoms. The summed E-state index contributed by atoms with van der Waals surface area (Å²) in [6.45, 7) is 1.66. The second kappa shape index (κ2) is 5.06. The number of hydrogen-bond acceptors (Lipinski definition) is 4. The maximum Gasteiger partial charge on any atom is 0.312 e. The van der Waals surface area contributed by atoms with E-state index in [-0.39, 0.29) is 9.92 Å². The first kappa shape index (κ1) is 14.0. The van der Waals surface area contributed by atoms with Crippen molar-refractivity contribution in [2.24, 2.45) is 0 Å². The van der Waals surface area contributed by atoms with Gasteiger partial charge in [0.25, 0.3) is 0 Å². The number of carbonyl (C=O) groups is 1. The van der Waals surface area contributed by atoms with E-state index >= 15 is 0 Å². The number of benzene rings is 1. The molecule has 1 aromatic carbocycles. The minimum absolute atomic E-state index is 0.0555. The number of ether oxygens (including phenoxy) is 1. The molecule has 0 saturated carbocycles. The monoisotopic (exact) mass is 276 g/mol. The fourth-order valence-corrected chi connectivity index (χ4v) is 2.74. The standard InChI is InChI=1S/C11H13ClO4S/c1-7(11(13)16-2)8-4-5-10(9(12)6-8)17(3,14)15/h4-7H,1-3H3. The van der Waals surface area contributed by atoms with E-state index in [2.05, 4.69) is 4.74 Å². The van der Waals surface area contributed by atoms with Crippen molar-refractivity contribution in [3.63, 3.8) is 0 Å². The molecule has 0 radical (unpaired) electrons. The van der Waals surface area contributed by atoms with Crippen molar-refractivity contribution in [1.29, 1.82) is 0 Å². The average molecular weight is 277 g/mol. The largest absolute Gasteiger partial charge is 0.469 e. The first-order chi connectivity index (χ1) is 7.77. The number of methoxy groups -OCH3 is 1. The number of sulfone groups is 1. The molecule has 0 spiro atoms. The summed E-state index contributed by atoms with van der Waals surface area (Å²) in [6, 6.07) is 4.43. The summed E-state index contributed by atoms with van der Waals surface area (Å²) >= 11 is 5.87. The topological polar surface area (TPSA) is 60.4 Å². The van der Waals surface area contributed by atoms with Crippen molar-refractivity contribution < 1.29 is 17.9 Å². The second-order valence-electron chi connectivity index (χ2n) is 3.71. The Labute approximate surface area is 105 Å². The van der Waals surface area contributed by atoms with E-state index in [9.17, 15) is 13.2 Å². The number of rotatable bonds is 3. The van der Waals surface area contributed by atoms with Crippen LogP contribution in [0.2, 0.25) is 5.02 Å². The molecule has 0 aliphatic rings. The molecule has 1 atom stereocenters. The van der Waals surface area contributed by atoms with Gasteiger partial charge in [0.1, 0.15) is 0 Å². The van der Waals surface area contributed by atoms with Gasteiger partial charge >= 0.3 is 5.97 Å². The molecule has 1 unspecified atom stereocenters. The Morgan fingerprint density at radius 2 is 2.00 bits per heavy atom. The lowest BCUT2D eigenvalue weighted by molar-refractivity contribution is -0.141. The number of halogens is 1. The van der Waals surface area contributed by atoms with Crippen LogP contribution in [0.1, 0.15) is 18.4 Å². The first-order valence-corrected chi connectivity index (χ1v) is 7.11. The molecule has 0 aromatic heterocycles. The highest BCUT2D eigenvalue weighted by Gasteiger charge is 2.19. The van der Waals surface area contributed by atoms with Crippen molar-refractivity contribution in [2.45, 2.75) is 17.7 Å². The van der Waals surface area contributed by atoms with Gasteiger partial charge in [0, 0.05) is 6.26 Å². The molecule has 1 aromatic rings. The fraction of sp³-hybridized carbons (Fsp3) is 0.364. The van der Waals surface area contributed by atoms with E-state index in [0.717, 1.165) is 6.26 Å². The highest BCUT2D eigenvalue weighted by Crippen LogP contribution is 2.26. The van der Waals surface area contributed by atoms with Crippen molar-refractivity contribution in [2.75, 3.05) is 13.4 Å². The molecular weight excluding hydrogens is 264 g/mol. The molecule has 0 saturated heterocycles. The summed E-state index contributed by atoms with van der Waals surface area (Å²) in [7, 11) is -2.05. The zero-order valence-electron chi connectivity index (χ0n) is 9.73. The van der Waals surface area contributed by atoms with Gasteiger partial charge in [-0.2, -0.15) is 0 Å². The van der Waals surface area contributed by atoms with Crippen LogP contribution < -0.4 is 0 Å². The smallest absolute Gasteiger partial charge is 0.312 e. The van der Waals surface area contributed by atoms with Crippen LogP contribution in [-0.2, 0) is 19.4 Å². The summed E-state index contributed by atoms with van der Waals surface area (Å²) < 4.78 is 27.3.